The molecular formula is C33H26F2N4O5. The van der Waals surface area contributed by atoms with E-state index in [2.05, 4.69) is 15.3 Å². The molecule has 2 heterocycles. The lowest BCUT2D eigenvalue weighted by Crippen LogP contribution is -2.49. The maximum atomic E-state index is 16.6. The van der Waals surface area contributed by atoms with Crippen molar-refractivity contribution in [1.29, 1.82) is 0 Å². The lowest BCUT2D eigenvalue weighted by Gasteiger charge is -2.35. The Morgan fingerprint density at radius 1 is 1.02 bits per heavy atom. The van der Waals surface area contributed by atoms with Crippen molar-refractivity contribution >= 4 is 34.5 Å². The van der Waals surface area contributed by atoms with Gasteiger partial charge in [-0.2, -0.15) is 0 Å². The molecule has 0 bridgehead atoms. The number of hydrogen-bond acceptors (Lipinski definition) is 7. The van der Waals surface area contributed by atoms with Gasteiger partial charge in [-0.05, 0) is 72.6 Å². The normalized spacial score (nSPS) is 13.1. The number of anilines is 1. The number of rotatable bonds is 7. The number of ketones is 1. The lowest BCUT2D eigenvalue weighted by atomic mass is 9.89. The van der Waals surface area contributed by atoms with Crippen molar-refractivity contribution in [2.24, 2.45) is 0 Å². The summed E-state index contributed by atoms with van der Waals surface area (Å²) in [6.07, 6.45) is 3.33. The van der Waals surface area contributed by atoms with E-state index in [1.807, 2.05) is 0 Å². The van der Waals surface area contributed by atoms with Crippen molar-refractivity contribution in [3.63, 3.8) is 0 Å². The zero-order valence-electron chi connectivity index (χ0n) is 24.0. The van der Waals surface area contributed by atoms with E-state index in [9.17, 15) is 18.8 Å². The Morgan fingerprint density at radius 3 is 2.36 bits per heavy atom. The Balaban J connectivity index is 1.52. The number of nitrogens with zero attached hydrogens (tertiary/aromatic N) is 3. The number of carbonyl (C=O) groups is 3. The summed E-state index contributed by atoms with van der Waals surface area (Å²) in [4.78, 5) is 48.9. The molecule has 0 atom stereocenters. The first-order valence-electron chi connectivity index (χ1n) is 13.8. The van der Waals surface area contributed by atoms with Gasteiger partial charge in [0.2, 0.25) is 5.95 Å². The Bertz CT molecular complexity index is 1930. The van der Waals surface area contributed by atoms with E-state index in [4.69, 9.17) is 9.15 Å². The Kier molecular flexibility index (Phi) is 7.38. The van der Waals surface area contributed by atoms with Crippen LogP contribution >= 0.6 is 0 Å². The number of Topliss-reactive ketones (excluding diaryl/α,β-unsaturated/α-hetero) is 1. The maximum Gasteiger partial charge on any atom is 0.264 e. The second kappa shape index (κ2) is 11.3. The van der Waals surface area contributed by atoms with Crippen LogP contribution in [0.15, 0.2) is 71.4 Å². The maximum absolute atomic E-state index is 16.6. The van der Waals surface area contributed by atoms with Crippen molar-refractivity contribution < 1.29 is 32.3 Å². The smallest absolute Gasteiger partial charge is 0.264 e. The summed E-state index contributed by atoms with van der Waals surface area (Å²) in [6.45, 7) is 1.75. The number of hydrogen-bond donors (Lipinski definition) is 1. The van der Waals surface area contributed by atoms with Crippen molar-refractivity contribution in [1.82, 2.24) is 15.3 Å². The van der Waals surface area contributed by atoms with Gasteiger partial charge in [-0.25, -0.2) is 18.7 Å². The molecule has 0 unspecified atom stereocenters. The molecule has 1 N–H and O–H groups in total. The van der Waals surface area contributed by atoms with Crippen molar-refractivity contribution in [2.75, 3.05) is 19.1 Å². The van der Waals surface area contributed by atoms with Gasteiger partial charge in [-0.15, -0.1) is 0 Å². The molecule has 0 aliphatic heterocycles. The van der Waals surface area contributed by atoms with Crippen LogP contribution in [-0.2, 0) is 4.79 Å². The molecule has 11 heteroatoms. The summed E-state index contributed by atoms with van der Waals surface area (Å²) < 4.78 is 41.7. The third kappa shape index (κ3) is 4.85. The number of aryl methyl sites for hydroxylation is 1. The number of furan rings is 1. The molecule has 9 nitrogen and oxygen atoms in total. The lowest BCUT2D eigenvalue weighted by molar-refractivity contribution is -0.124. The molecule has 1 saturated carbocycles. The zero-order valence-corrected chi connectivity index (χ0v) is 24.0. The van der Waals surface area contributed by atoms with E-state index in [0.717, 1.165) is 0 Å². The third-order valence-electron chi connectivity index (χ3n) is 7.70. The Labute approximate surface area is 250 Å². The summed E-state index contributed by atoms with van der Waals surface area (Å²) in [7, 11) is 2.84. The number of aromatic nitrogens is 2. The summed E-state index contributed by atoms with van der Waals surface area (Å²) in [5.74, 6) is -1.82. The van der Waals surface area contributed by atoms with Crippen LogP contribution in [0.1, 0.15) is 39.1 Å². The fourth-order valence-electron chi connectivity index (χ4n) is 5.43. The number of halogens is 2. The average molecular weight is 597 g/mol. The molecule has 0 spiro atoms. The first-order valence-corrected chi connectivity index (χ1v) is 13.8. The molecule has 44 heavy (non-hydrogen) atoms. The van der Waals surface area contributed by atoms with Gasteiger partial charge in [0.25, 0.3) is 11.8 Å². The largest absolute Gasteiger partial charge is 0.496 e. The number of amides is 2. The highest BCUT2D eigenvalue weighted by Gasteiger charge is 2.38. The van der Waals surface area contributed by atoms with Gasteiger partial charge in [-0.3, -0.25) is 19.3 Å². The number of benzene rings is 3. The molecule has 1 fully saturated rings. The van der Waals surface area contributed by atoms with Crippen LogP contribution in [0.5, 0.6) is 5.75 Å². The van der Waals surface area contributed by atoms with Crippen LogP contribution < -0.4 is 15.0 Å². The van der Waals surface area contributed by atoms with E-state index in [1.165, 1.54) is 67.8 Å². The summed E-state index contributed by atoms with van der Waals surface area (Å²) in [5.41, 5.74) is 1.68. The van der Waals surface area contributed by atoms with E-state index in [0.29, 0.717) is 16.7 Å². The third-order valence-corrected chi connectivity index (χ3v) is 7.70. The fraction of sp³-hybridized carbons (Fsp3) is 0.182. The molecule has 2 amide bonds. The van der Waals surface area contributed by atoms with Crippen LogP contribution in [0.2, 0.25) is 0 Å². The van der Waals surface area contributed by atoms with Crippen molar-refractivity contribution in [3.05, 3.63) is 95.3 Å². The number of ether oxygens (including phenoxy) is 1. The second-order valence-corrected chi connectivity index (χ2v) is 10.4. The molecule has 0 radical (unpaired) electrons. The molecular weight excluding hydrogens is 570 g/mol. The zero-order chi connectivity index (χ0) is 31.1. The molecule has 5 aromatic rings. The minimum Gasteiger partial charge on any atom is -0.496 e. The SMILES string of the molecule is CNC(=O)c1c(-c2ccc(F)cc2)oc2ccc(-c3cc(C(=O)N(c4ncccn4)C4CC(=O)C4)c(OC)cc3C)c(F)c12. The highest BCUT2D eigenvalue weighted by molar-refractivity contribution is 6.13. The van der Waals surface area contributed by atoms with Crippen LogP contribution in [0.25, 0.3) is 33.4 Å². The highest BCUT2D eigenvalue weighted by atomic mass is 19.1. The monoisotopic (exact) mass is 596 g/mol. The predicted octanol–water partition coefficient (Wildman–Crippen LogP) is 5.89. The van der Waals surface area contributed by atoms with E-state index in [1.54, 1.807) is 25.1 Å². The quantitative estimate of drug-likeness (QED) is 0.249. The predicted molar refractivity (Wildman–Crippen MR) is 159 cm³/mol. The Morgan fingerprint density at radius 2 is 1.73 bits per heavy atom. The molecule has 1 aliphatic rings. The van der Waals surface area contributed by atoms with Gasteiger partial charge >= 0.3 is 0 Å². The molecule has 0 saturated heterocycles. The van der Waals surface area contributed by atoms with Crippen molar-refractivity contribution in [3.8, 4) is 28.2 Å². The first-order chi connectivity index (χ1) is 21.2. The summed E-state index contributed by atoms with van der Waals surface area (Å²) in [5, 5.41) is 2.47. The number of nitrogens with one attached hydrogen (secondary N) is 1. The molecule has 222 valence electrons. The first kappa shape index (κ1) is 28.7. The fourth-order valence-corrected chi connectivity index (χ4v) is 5.43. The van der Waals surface area contributed by atoms with Gasteiger partial charge < -0.3 is 14.5 Å². The van der Waals surface area contributed by atoms with E-state index < -0.39 is 29.5 Å². The Hall–Kier alpha value is -5.45. The average Bonchev–Trinajstić information content (AvgIpc) is 3.41. The number of carbonyl (C=O) groups excluding carboxylic acids is 3. The van der Waals surface area contributed by atoms with Gasteiger partial charge in [0.05, 0.1) is 29.7 Å². The molecule has 2 aromatic heterocycles. The van der Waals surface area contributed by atoms with E-state index in [-0.39, 0.29) is 63.7 Å². The molecule has 6 rings (SSSR count). The van der Waals surface area contributed by atoms with Crippen LogP contribution in [-0.4, -0.2) is 47.8 Å². The highest BCUT2D eigenvalue weighted by Crippen LogP contribution is 2.41. The molecule has 3 aromatic carbocycles. The van der Waals surface area contributed by atoms with E-state index >= 15 is 4.39 Å². The van der Waals surface area contributed by atoms with Gasteiger partial charge in [0.15, 0.2) is 0 Å². The minimum atomic E-state index is -0.738. The topological polar surface area (TPSA) is 115 Å². The van der Waals surface area contributed by atoms with Gasteiger partial charge in [0, 0.05) is 43.4 Å². The van der Waals surface area contributed by atoms with Crippen LogP contribution in [0.3, 0.4) is 0 Å². The van der Waals surface area contributed by atoms with Gasteiger partial charge in [0.1, 0.15) is 34.5 Å². The summed E-state index contributed by atoms with van der Waals surface area (Å²) >= 11 is 0. The molecule has 1 aliphatic carbocycles. The summed E-state index contributed by atoms with van der Waals surface area (Å²) in [6, 6.07) is 12.7. The van der Waals surface area contributed by atoms with Crippen molar-refractivity contribution in [2.45, 2.75) is 25.8 Å². The standard InChI is InChI=1S/C33H26F2N4O5/c1-17-13-26(43-3)24(32(42)39(20-14-21(40)15-20)33-37-11-4-12-38-33)16-23(17)22-9-10-25-27(29(22)35)28(31(41)36-2)30(44-25)18-5-7-19(34)8-6-18/h4-13,16,20H,14-15H2,1-3H3,(H,36,41). The van der Waals surface area contributed by atoms with Gasteiger partial charge in [-0.1, -0.05) is 0 Å². The van der Waals surface area contributed by atoms with Crippen LogP contribution in [0, 0.1) is 18.6 Å². The second-order valence-electron chi connectivity index (χ2n) is 10.4. The minimum absolute atomic E-state index is 0.0164. The number of fused-ring (bicyclic) bond motifs is 1. The van der Waals surface area contributed by atoms with Crippen LogP contribution in [0.4, 0.5) is 14.7 Å². The number of methoxy groups -OCH3 is 1.